The minimum atomic E-state index is -0.871. The summed E-state index contributed by atoms with van der Waals surface area (Å²) in [7, 11) is 0. The fraction of sp³-hybridized carbons (Fsp3) is 0.900. The van der Waals surface area contributed by atoms with E-state index in [9.17, 15) is 4.79 Å². The molecule has 0 fully saturated rings. The standard InChI is InChI=1S/C10H21NO3/c1-4-9(10(12)13)14-7-5-6-11-8(2)3/h8-9,11H,4-7H2,1-3H3,(H,12,13). The molecule has 0 aromatic heterocycles. The first-order chi connectivity index (χ1) is 6.57. The summed E-state index contributed by atoms with van der Waals surface area (Å²) in [5, 5.41) is 11.9. The van der Waals surface area contributed by atoms with Crippen LogP contribution in [0, 0.1) is 0 Å². The molecule has 0 saturated carbocycles. The third kappa shape index (κ3) is 6.86. The molecule has 1 unspecified atom stereocenters. The van der Waals surface area contributed by atoms with Crippen LogP contribution in [0.1, 0.15) is 33.6 Å². The highest BCUT2D eigenvalue weighted by molar-refractivity contribution is 5.72. The molecule has 1 atom stereocenters. The van der Waals surface area contributed by atoms with Gasteiger partial charge >= 0.3 is 5.97 Å². The fourth-order valence-corrected chi connectivity index (χ4v) is 1.05. The van der Waals surface area contributed by atoms with Crippen molar-refractivity contribution in [3.05, 3.63) is 0 Å². The van der Waals surface area contributed by atoms with Crippen LogP contribution in [0.2, 0.25) is 0 Å². The summed E-state index contributed by atoms with van der Waals surface area (Å²) >= 11 is 0. The quantitative estimate of drug-likeness (QED) is 0.583. The second-order valence-electron chi connectivity index (χ2n) is 3.57. The minimum absolute atomic E-state index is 0.469. The van der Waals surface area contributed by atoms with Crippen molar-refractivity contribution in [2.45, 2.75) is 45.8 Å². The molecule has 0 bridgehead atoms. The lowest BCUT2D eigenvalue weighted by Gasteiger charge is -2.12. The third-order valence-corrected chi connectivity index (χ3v) is 1.84. The van der Waals surface area contributed by atoms with Gasteiger partial charge in [0, 0.05) is 12.6 Å². The molecule has 4 heteroatoms. The molecule has 0 radical (unpaired) electrons. The Bertz CT molecular complexity index is 159. The van der Waals surface area contributed by atoms with Gasteiger partial charge in [0.25, 0.3) is 0 Å². The van der Waals surface area contributed by atoms with Crippen molar-refractivity contribution in [2.75, 3.05) is 13.2 Å². The third-order valence-electron chi connectivity index (χ3n) is 1.84. The molecule has 0 aliphatic rings. The van der Waals surface area contributed by atoms with E-state index in [1.807, 2.05) is 6.92 Å². The summed E-state index contributed by atoms with van der Waals surface area (Å²) < 4.78 is 5.19. The summed E-state index contributed by atoms with van der Waals surface area (Å²) in [5.41, 5.74) is 0. The first-order valence-electron chi connectivity index (χ1n) is 5.15. The number of nitrogens with one attached hydrogen (secondary N) is 1. The van der Waals surface area contributed by atoms with Crippen LogP contribution in [0.5, 0.6) is 0 Å². The van der Waals surface area contributed by atoms with E-state index >= 15 is 0 Å². The molecular formula is C10H21NO3. The molecule has 0 rings (SSSR count). The first-order valence-corrected chi connectivity index (χ1v) is 5.15. The van der Waals surface area contributed by atoms with Gasteiger partial charge in [0.1, 0.15) is 0 Å². The second-order valence-corrected chi connectivity index (χ2v) is 3.57. The zero-order chi connectivity index (χ0) is 11.0. The van der Waals surface area contributed by atoms with E-state index in [4.69, 9.17) is 9.84 Å². The molecule has 0 amide bonds. The lowest BCUT2D eigenvalue weighted by Crippen LogP contribution is -2.27. The largest absolute Gasteiger partial charge is 0.479 e. The molecule has 0 spiro atoms. The van der Waals surface area contributed by atoms with E-state index in [1.54, 1.807) is 0 Å². The van der Waals surface area contributed by atoms with Crippen molar-refractivity contribution in [2.24, 2.45) is 0 Å². The van der Waals surface area contributed by atoms with Crippen LogP contribution in [-0.2, 0) is 9.53 Å². The Morgan fingerprint density at radius 1 is 1.50 bits per heavy atom. The number of aliphatic carboxylic acids is 1. The topological polar surface area (TPSA) is 58.6 Å². The summed E-state index contributed by atoms with van der Waals surface area (Å²) in [6.45, 7) is 7.34. The van der Waals surface area contributed by atoms with Gasteiger partial charge < -0.3 is 15.2 Å². The van der Waals surface area contributed by atoms with Gasteiger partial charge in [0.15, 0.2) is 6.10 Å². The Kier molecular flexibility index (Phi) is 7.42. The van der Waals surface area contributed by atoms with Crippen molar-refractivity contribution in [1.82, 2.24) is 5.32 Å². The van der Waals surface area contributed by atoms with Crippen LogP contribution < -0.4 is 5.32 Å². The molecule has 2 N–H and O–H groups in total. The van der Waals surface area contributed by atoms with Crippen molar-refractivity contribution >= 4 is 5.97 Å². The van der Waals surface area contributed by atoms with E-state index in [0.29, 0.717) is 19.1 Å². The Balaban J connectivity index is 3.38. The van der Waals surface area contributed by atoms with Crippen LogP contribution in [-0.4, -0.2) is 36.4 Å². The maximum absolute atomic E-state index is 10.6. The van der Waals surface area contributed by atoms with Crippen molar-refractivity contribution in [3.8, 4) is 0 Å². The maximum atomic E-state index is 10.6. The van der Waals surface area contributed by atoms with Crippen LogP contribution in [0.25, 0.3) is 0 Å². The Morgan fingerprint density at radius 2 is 2.14 bits per heavy atom. The zero-order valence-corrected chi connectivity index (χ0v) is 9.25. The molecule has 84 valence electrons. The number of carbonyl (C=O) groups is 1. The van der Waals surface area contributed by atoms with Gasteiger partial charge in [-0.1, -0.05) is 20.8 Å². The summed E-state index contributed by atoms with van der Waals surface area (Å²) in [5.74, 6) is -0.871. The number of hydrogen-bond acceptors (Lipinski definition) is 3. The highest BCUT2D eigenvalue weighted by atomic mass is 16.5. The van der Waals surface area contributed by atoms with E-state index in [2.05, 4.69) is 19.2 Å². The number of hydrogen-bond donors (Lipinski definition) is 2. The van der Waals surface area contributed by atoms with Crippen LogP contribution >= 0.6 is 0 Å². The van der Waals surface area contributed by atoms with Gasteiger partial charge in [-0.05, 0) is 19.4 Å². The predicted octanol–water partition coefficient (Wildman–Crippen LogP) is 1.25. The Labute approximate surface area is 85.6 Å². The number of carboxylic acids is 1. The van der Waals surface area contributed by atoms with Crippen LogP contribution in [0.3, 0.4) is 0 Å². The summed E-state index contributed by atoms with van der Waals surface area (Å²) in [6.07, 6.45) is 0.726. The molecule has 0 aliphatic heterocycles. The Morgan fingerprint density at radius 3 is 2.57 bits per heavy atom. The highest BCUT2D eigenvalue weighted by Gasteiger charge is 2.14. The van der Waals surface area contributed by atoms with Crippen LogP contribution in [0.4, 0.5) is 0 Å². The SMILES string of the molecule is CCC(OCCCNC(C)C)C(=O)O. The second kappa shape index (κ2) is 7.76. The van der Waals surface area contributed by atoms with Crippen molar-refractivity contribution in [3.63, 3.8) is 0 Å². The molecule has 0 aromatic rings. The minimum Gasteiger partial charge on any atom is -0.479 e. The average molecular weight is 203 g/mol. The number of ether oxygens (including phenoxy) is 1. The average Bonchev–Trinajstić information content (AvgIpc) is 2.10. The van der Waals surface area contributed by atoms with Crippen molar-refractivity contribution < 1.29 is 14.6 Å². The molecular weight excluding hydrogens is 182 g/mol. The fourth-order valence-electron chi connectivity index (χ4n) is 1.05. The molecule has 14 heavy (non-hydrogen) atoms. The van der Waals surface area contributed by atoms with E-state index in [1.165, 1.54) is 0 Å². The monoisotopic (exact) mass is 203 g/mol. The number of rotatable bonds is 8. The first kappa shape index (κ1) is 13.4. The predicted molar refractivity (Wildman–Crippen MR) is 55.4 cm³/mol. The lowest BCUT2D eigenvalue weighted by atomic mass is 10.3. The molecule has 0 heterocycles. The normalized spacial score (nSPS) is 13.1. The summed E-state index contributed by atoms with van der Waals surface area (Å²) in [4.78, 5) is 10.6. The smallest absolute Gasteiger partial charge is 0.332 e. The van der Waals surface area contributed by atoms with Gasteiger partial charge in [-0.15, -0.1) is 0 Å². The molecule has 4 nitrogen and oxygen atoms in total. The maximum Gasteiger partial charge on any atom is 0.332 e. The zero-order valence-electron chi connectivity index (χ0n) is 9.25. The molecule has 0 saturated heterocycles. The van der Waals surface area contributed by atoms with Gasteiger partial charge in [0.2, 0.25) is 0 Å². The van der Waals surface area contributed by atoms with Crippen LogP contribution in [0.15, 0.2) is 0 Å². The van der Waals surface area contributed by atoms with Gasteiger partial charge in [-0.2, -0.15) is 0 Å². The van der Waals surface area contributed by atoms with E-state index < -0.39 is 12.1 Å². The van der Waals surface area contributed by atoms with Gasteiger partial charge in [-0.3, -0.25) is 0 Å². The summed E-state index contributed by atoms with van der Waals surface area (Å²) in [6, 6.07) is 0.469. The van der Waals surface area contributed by atoms with Gasteiger partial charge in [0.05, 0.1) is 0 Å². The Hall–Kier alpha value is -0.610. The molecule has 0 aliphatic carbocycles. The number of carboxylic acid groups (broad SMARTS) is 1. The highest BCUT2D eigenvalue weighted by Crippen LogP contribution is 1.98. The van der Waals surface area contributed by atoms with Crippen molar-refractivity contribution in [1.29, 1.82) is 0 Å². The molecule has 0 aromatic carbocycles. The lowest BCUT2D eigenvalue weighted by molar-refractivity contribution is -0.150. The van der Waals surface area contributed by atoms with E-state index in [-0.39, 0.29) is 0 Å². The van der Waals surface area contributed by atoms with Gasteiger partial charge in [-0.25, -0.2) is 4.79 Å². The van der Waals surface area contributed by atoms with E-state index in [0.717, 1.165) is 13.0 Å².